The van der Waals surface area contributed by atoms with Crippen LogP contribution in [0.1, 0.15) is 21.5 Å². The number of rotatable bonds is 4. The lowest BCUT2D eigenvalue weighted by molar-refractivity contribution is 0.102. The molecule has 0 fully saturated rings. The first-order chi connectivity index (χ1) is 13.4. The van der Waals surface area contributed by atoms with Gasteiger partial charge in [-0.3, -0.25) is 4.79 Å². The Morgan fingerprint density at radius 1 is 1.18 bits per heavy atom. The maximum Gasteiger partial charge on any atom is 0.257 e. The minimum atomic E-state index is -0.174. The van der Waals surface area contributed by atoms with Gasteiger partial charge in [-0.25, -0.2) is 4.98 Å². The Hall–Kier alpha value is -3.38. The van der Waals surface area contributed by atoms with Gasteiger partial charge in [-0.15, -0.1) is 0 Å². The van der Waals surface area contributed by atoms with Crippen LogP contribution < -0.4 is 5.32 Å². The van der Waals surface area contributed by atoms with Crippen LogP contribution in [0.15, 0.2) is 48.7 Å². The molecule has 0 aliphatic carbocycles. The van der Waals surface area contributed by atoms with Crippen molar-refractivity contribution in [3.05, 3.63) is 65.4 Å². The van der Waals surface area contributed by atoms with Gasteiger partial charge in [0.05, 0.1) is 16.6 Å². The number of nitrogens with one attached hydrogen (secondary N) is 2. The highest BCUT2D eigenvalue weighted by Gasteiger charge is 2.14. The molecule has 0 spiro atoms. The molecular formula is C22H22N4O2. The number of hydrogen-bond donors (Lipinski definition) is 3. The largest absolute Gasteiger partial charge is 0.493 e. The molecule has 6 heteroatoms. The van der Waals surface area contributed by atoms with Crippen LogP contribution in [-0.2, 0) is 6.54 Å². The highest BCUT2D eigenvalue weighted by molar-refractivity contribution is 6.12. The summed E-state index contributed by atoms with van der Waals surface area (Å²) >= 11 is 0. The van der Waals surface area contributed by atoms with Gasteiger partial charge >= 0.3 is 0 Å². The van der Waals surface area contributed by atoms with E-state index in [1.54, 1.807) is 18.2 Å². The van der Waals surface area contributed by atoms with E-state index >= 15 is 0 Å². The Morgan fingerprint density at radius 3 is 2.79 bits per heavy atom. The molecule has 0 aliphatic heterocycles. The number of aromatic nitrogens is 2. The summed E-state index contributed by atoms with van der Waals surface area (Å²) in [6, 6.07) is 12.8. The molecule has 2 heterocycles. The summed E-state index contributed by atoms with van der Waals surface area (Å²) < 4.78 is 0. The van der Waals surface area contributed by atoms with Crippen LogP contribution in [0.4, 0.5) is 5.69 Å². The van der Waals surface area contributed by atoms with Gasteiger partial charge < -0.3 is 20.3 Å². The van der Waals surface area contributed by atoms with Gasteiger partial charge in [0.25, 0.3) is 5.91 Å². The van der Waals surface area contributed by atoms with E-state index in [0.29, 0.717) is 16.8 Å². The predicted molar refractivity (Wildman–Crippen MR) is 112 cm³/mol. The Balaban J connectivity index is 1.67. The van der Waals surface area contributed by atoms with Crippen LogP contribution in [-0.4, -0.2) is 40.0 Å². The number of para-hydroxylation sites is 1. The molecule has 0 saturated heterocycles. The summed E-state index contributed by atoms with van der Waals surface area (Å²) in [5.41, 5.74) is 4.87. The third-order valence-electron chi connectivity index (χ3n) is 4.79. The molecule has 6 nitrogen and oxygen atoms in total. The maximum atomic E-state index is 12.9. The number of aromatic hydroxyl groups is 1. The van der Waals surface area contributed by atoms with Crippen molar-refractivity contribution < 1.29 is 9.90 Å². The van der Waals surface area contributed by atoms with Crippen molar-refractivity contribution in [1.29, 1.82) is 0 Å². The average Bonchev–Trinajstić information content (AvgIpc) is 3.04. The molecule has 4 aromatic rings. The van der Waals surface area contributed by atoms with Gasteiger partial charge in [-0.1, -0.05) is 12.1 Å². The number of aryl methyl sites for hydroxylation is 1. The normalized spacial score (nSPS) is 11.4. The number of carbonyl (C=O) groups excluding carboxylic acids is 1. The molecular weight excluding hydrogens is 352 g/mol. The van der Waals surface area contributed by atoms with Crippen LogP contribution in [0.2, 0.25) is 0 Å². The molecule has 2 aromatic carbocycles. The minimum Gasteiger partial charge on any atom is -0.493 e. The fourth-order valence-corrected chi connectivity index (χ4v) is 3.53. The molecule has 1 amide bonds. The number of H-pyrrole nitrogens is 1. The molecule has 0 bridgehead atoms. The van der Waals surface area contributed by atoms with E-state index in [1.165, 1.54) is 0 Å². The summed E-state index contributed by atoms with van der Waals surface area (Å²) in [5.74, 6) is -0.179. The van der Waals surface area contributed by atoms with E-state index in [1.807, 2.05) is 51.5 Å². The summed E-state index contributed by atoms with van der Waals surface area (Å²) in [6.45, 7) is 2.70. The van der Waals surface area contributed by atoms with Crippen LogP contribution in [0.25, 0.3) is 21.8 Å². The SMILES string of the molecule is Cc1cc(O)nc2ccc(NC(=O)c3cccc4c(CN(C)C)c[nH]c34)cc12. The monoisotopic (exact) mass is 374 g/mol. The van der Waals surface area contributed by atoms with Gasteiger partial charge in [0.2, 0.25) is 5.88 Å². The Bertz CT molecular complexity index is 1190. The molecule has 3 N–H and O–H groups in total. The van der Waals surface area contributed by atoms with Crippen LogP contribution in [0.3, 0.4) is 0 Å². The first-order valence-electron chi connectivity index (χ1n) is 9.08. The smallest absolute Gasteiger partial charge is 0.257 e. The van der Waals surface area contributed by atoms with Crippen molar-refractivity contribution in [3.8, 4) is 5.88 Å². The molecule has 0 saturated carbocycles. The topological polar surface area (TPSA) is 81.2 Å². The number of carbonyl (C=O) groups is 1. The predicted octanol–water partition coefficient (Wildman–Crippen LogP) is 4.04. The molecule has 0 radical (unpaired) electrons. The number of benzene rings is 2. The zero-order valence-corrected chi connectivity index (χ0v) is 16.1. The summed E-state index contributed by atoms with van der Waals surface area (Å²) in [4.78, 5) is 22.4. The third kappa shape index (κ3) is 3.30. The van der Waals surface area contributed by atoms with Gasteiger partial charge in [-0.2, -0.15) is 0 Å². The lowest BCUT2D eigenvalue weighted by atomic mass is 10.1. The van der Waals surface area contributed by atoms with E-state index in [2.05, 4.69) is 20.2 Å². The quantitative estimate of drug-likeness (QED) is 0.503. The van der Waals surface area contributed by atoms with Crippen LogP contribution >= 0.6 is 0 Å². The van der Waals surface area contributed by atoms with Crippen LogP contribution in [0, 0.1) is 6.92 Å². The van der Waals surface area contributed by atoms with E-state index in [9.17, 15) is 9.90 Å². The second-order valence-corrected chi connectivity index (χ2v) is 7.26. The third-order valence-corrected chi connectivity index (χ3v) is 4.79. The number of hydrogen-bond acceptors (Lipinski definition) is 4. The first kappa shape index (κ1) is 18.0. The van der Waals surface area contributed by atoms with Crippen molar-refractivity contribution in [2.24, 2.45) is 0 Å². The van der Waals surface area contributed by atoms with Crippen molar-refractivity contribution in [2.75, 3.05) is 19.4 Å². The zero-order chi connectivity index (χ0) is 19.8. The Morgan fingerprint density at radius 2 is 2.00 bits per heavy atom. The molecule has 2 aromatic heterocycles. The molecule has 28 heavy (non-hydrogen) atoms. The van der Waals surface area contributed by atoms with Crippen molar-refractivity contribution in [1.82, 2.24) is 14.9 Å². The highest BCUT2D eigenvalue weighted by Crippen LogP contribution is 2.26. The molecule has 142 valence electrons. The summed E-state index contributed by atoms with van der Waals surface area (Å²) in [7, 11) is 4.04. The van der Waals surface area contributed by atoms with Crippen molar-refractivity contribution in [2.45, 2.75) is 13.5 Å². The number of amides is 1. The van der Waals surface area contributed by atoms with E-state index in [0.717, 1.165) is 34.0 Å². The minimum absolute atomic E-state index is 0.00580. The highest BCUT2D eigenvalue weighted by atomic mass is 16.3. The molecule has 4 rings (SSSR count). The lowest BCUT2D eigenvalue weighted by Crippen LogP contribution is -2.12. The molecule has 0 unspecified atom stereocenters. The maximum absolute atomic E-state index is 12.9. The standard InChI is InChI=1S/C22H22N4O2/c1-13-9-20(27)25-19-8-7-15(10-18(13)19)24-22(28)17-6-4-5-16-14(12-26(2)3)11-23-21(16)17/h4-11,23H,12H2,1-3H3,(H,24,28)(H,25,27). The number of anilines is 1. The van der Waals surface area contributed by atoms with Gasteiger partial charge in [0.1, 0.15) is 0 Å². The first-order valence-corrected chi connectivity index (χ1v) is 9.08. The Kier molecular flexibility index (Phi) is 4.49. The van der Waals surface area contributed by atoms with E-state index < -0.39 is 0 Å². The van der Waals surface area contributed by atoms with Crippen molar-refractivity contribution in [3.63, 3.8) is 0 Å². The number of pyridine rings is 1. The summed E-state index contributed by atoms with van der Waals surface area (Å²) in [6.07, 6.45) is 1.96. The van der Waals surface area contributed by atoms with E-state index in [-0.39, 0.29) is 11.8 Å². The van der Waals surface area contributed by atoms with Gasteiger partial charge in [0, 0.05) is 35.3 Å². The zero-order valence-electron chi connectivity index (χ0n) is 16.1. The fourth-order valence-electron chi connectivity index (χ4n) is 3.53. The summed E-state index contributed by atoms with van der Waals surface area (Å²) in [5, 5.41) is 14.6. The number of fused-ring (bicyclic) bond motifs is 2. The fraction of sp³-hybridized carbons (Fsp3) is 0.182. The molecule has 0 aliphatic rings. The van der Waals surface area contributed by atoms with Gasteiger partial charge in [0.15, 0.2) is 0 Å². The Labute approximate surface area is 162 Å². The van der Waals surface area contributed by atoms with Gasteiger partial charge in [-0.05, 0) is 56.4 Å². The molecule has 0 atom stereocenters. The second-order valence-electron chi connectivity index (χ2n) is 7.26. The second kappa shape index (κ2) is 6.98. The number of aromatic amines is 1. The van der Waals surface area contributed by atoms with Crippen molar-refractivity contribution >= 4 is 33.4 Å². The van der Waals surface area contributed by atoms with Crippen LogP contribution in [0.5, 0.6) is 5.88 Å². The van der Waals surface area contributed by atoms with E-state index in [4.69, 9.17) is 0 Å². The lowest BCUT2D eigenvalue weighted by Gasteiger charge is -2.10. The number of nitrogens with zero attached hydrogens (tertiary/aromatic N) is 2. The average molecular weight is 374 g/mol.